The number of para-hydroxylation sites is 1. The lowest BCUT2D eigenvalue weighted by atomic mass is 9.71. The maximum atomic E-state index is 14.6. The van der Waals surface area contributed by atoms with Gasteiger partial charge in [-0.15, -0.1) is 0 Å². The second kappa shape index (κ2) is 11.2. The number of benzene rings is 3. The molecule has 1 N–H and O–H groups in total. The van der Waals surface area contributed by atoms with E-state index in [2.05, 4.69) is 79.5 Å². The predicted molar refractivity (Wildman–Crippen MR) is 164 cm³/mol. The smallest absolute Gasteiger partial charge is 0.233 e. The fourth-order valence-corrected chi connectivity index (χ4v) is 7.41. The fourth-order valence-electron chi connectivity index (χ4n) is 7.41. The van der Waals surface area contributed by atoms with E-state index in [9.17, 15) is 9.90 Å². The largest absolute Gasteiger partial charge is 0.507 e. The summed E-state index contributed by atoms with van der Waals surface area (Å²) >= 11 is 0. The van der Waals surface area contributed by atoms with Crippen molar-refractivity contribution in [2.45, 2.75) is 37.3 Å². The molecule has 0 radical (unpaired) electrons. The van der Waals surface area contributed by atoms with Crippen molar-refractivity contribution in [3.63, 3.8) is 0 Å². The Bertz CT molecular complexity index is 1540. The number of aromatic nitrogens is 2. The van der Waals surface area contributed by atoms with Gasteiger partial charge in [-0.2, -0.15) is 10.2 Å². The molecule has 7 rings (SSSR count). The normalized spacial score (nSPS) is 21.8. The Hall–Kier alpha value is -4.23. The van der Waals surface area contributed by atoms with Gasteiger partial charge in [-0.05, 0) is 61.1 Å². The Balaban J connectivity index is 1.10. The molecule has 0 aliphatic carbocycles. The van der Waals surface area contributed by atoms with Gasteiger partial charge < -0.3 is 14.9 Å². The Morgan fingerprint density at radius 1 is 0.881 bits per heavy atom. The lowest BCUT2D eigenvalue weighted by Gasteiger charge is -2.43. The fraction of sp³-hybridized carbons (Fsp3) is 0.343. The van der Waals surface area contributed by atoms with E-state index < -0.39 is 5.41 Å². The van der Waals surface area contributed by atoms with Gasteiger partial charge in [0.1, 0.15) is 5.75 Å². The molecule has 1 amide bonds. The molecule has 3 fully saturated rings. The highest BCUT2D eigenvalue weighted by Crippen LogP contribution is 2.42. The Labute approximate surface area is 247 Å². The number of nitrogens with zero attached hydrogens (tertiary/aromatic N) is 5. The van der Waals surface area contributed by atoms with Crippen LogP contribution in [0.2, 0.25) is 0 Å². The Kier molecular flexibility index (Phi) is 7.12. The van der Waals surface area contributed by atoms with Crippen LogP contribution in [0.4, 0.5) is 5.69 Å². The predicted octanol–water partition coefficient (Wildman–Crippen LogP) is 5.12. The van der Waals surface area contributed by atoms with Gasteiger partial charge in [0.25, 0.3) is 0 Å². The van der Waals surface area contributed by atoms with Crippen molar-refractivity contribution in [2.24, 2.45) is 5.92 Å². The summed E-state index contributed by atoms with van der Waals surface area (Å²) in [5.74, 6) is 1.01. The first-order chi connectivity index (χ1) is 20.6. The number of anilines is 1. The summed E-state index contributed by atoms with van der Waals surface area (Å²) in [6.07, 6.45) is 4.42. The third-order valence-electron chi connectivity index (χ3n) is 9.72. The first-order valence-corrected chi connectivity index (χ1v) is 15.1. The first-order valence-electron chi connectivity index (χ1n) is 15.1. The van der Waals surface area contributed by atoms with E-state index >= 15 is 0 Å². The highest BCUT2D eigenvalue weighted by Gasteiger charge is 2.50. The molecule has 3 aliphatic heterocycles. The average Bonchev–Trinajstić information content (AvgIpc) is 3.64. The second-order valence-corrected chi connectivity index (χ2v) is 12.0. The monoisotopic (exact) mass is 559 g/mol. The molecule has 3 aromatic carbocycles. The van der Waals surface area contributed by atoms with E-state index in [0.717, 1.165) is 69.8 Å². The van der Waals surface area contributed by atoms with Crippen LogP contribution in [0.3, 0.4) is 0 Å². The molecule has 1 aromatic heterocycles. The number of fused-ring (bicyclic) bond motifs is 1. The zero-order valence-electron chi connectivity index (χ0n) is 23.8. The topological polar surface area (TPSA) is 72.8 Å². The standard InChI is InChI=1S/C35H37N5O2/c41-33-14-8-7-13-30(33)31-21-29(22-36-37-31)38-19-16-35(17-20-38,28-11-5-2-6-12-28)34(42)40-24-27-15-18-39(32(27)25-40)23-26-9-3-1-4-10-26/h1-14,21-22,27,32,41H,15-20,23-25H2/t27-,32+/m0/s1. The Morgan fingerprint density at radius 3 is 2.36 bits per heavy atom. The first kappa shape index (κ1) is 26.7. The van der Waals surface area contributed by atoms with Crippen molar-refractivity contribution in [1.82, 2.24) is 20.0 Å². The van der Waals surface area contributed by atoms with Crippen LogP contribution in [0.25, 0.3) is 11.3 Å². The van der Waals surface area contributed by atoms with Crippen LogP contribution in [0.5, 0.6) is 5.75 Å². The molecule has 3 aliphatic rings. The number of rotatable bonds is 6. The molecule has 4 aromatic rings. The number of amides is 1. The number of phenolic OH excluding ortho intramolecular Hbond substituents is 1. The van der Waals surface area contributed by atoms with Crippen molar-refractivity contribution in [3.05, 3.63) is 108 Å². The van der Waals surface area contributed by atoms with Crippen LogP contribution < -0.4 is 4.90 Å². The maximum Gasteiger partial charge on any atom is 0.233 e. The van der Waals surface area contributed by atoms with Crippen LogP contribution in [-0.2, 0) is 16.8 Å². The van der Waals surface area contributed by atoms with E-state index in [-0.39, 0.29) is 11.7 Å². The quantitative estimate of drug-likeness (QED) is 0.354. The maximum absolute atomic E-state index is 14.6. The van der Waals surface area contributed by atoms with E-state index in [4.69, 9.17) is 0 Å². The molecular formula is C35H37N5O2. The summed E-state index contributed by atoms with van der Waals surface area (Å²) in [6.45, 7) is 5.21. The highest BCUT2D eigenvalue weighted by atomic mass is 16.3. The van der Waals surface area contributed by atoms with Crippen LogP contribution in [0.1, 0.15) is 30.4 Å². The molecule has 7 heteroatoms. The zero-order valence-corrected chi connectivity index (χ0v) is 23.8. The van der Waals surface area contributed by atoms with Gasteiger partial charge in [0.15, 0.2) is 0 Å². The van der Waals surface area contributed by atoms with Gasteiger partial charge in [0.05, 0.1) is 23.0 Å². The van der Waals surface area contributed by atoms with Crippen molar-refractivity contribution in [1.29, 1.82) is 0 Å². The van der Waals surface area contributed by atoms with E-state index in [0.29, 0.717) is 23.2 Å². The molecule has 0 saturated carbocycles. The number of carbonyl (C=O) groups excluding carboxylic acids is 1. The third-order valence-corrected chi connectivity index (χ3v) is 9.72. The molecule has 4 heterocycles. The molecule has 2 atom stereocenters. The van der Waals surface area contributed by atoms with Crippen molar-refractivity contribution in [2.75, 3.05) is 37.6 Å². The van der Waals surface area contributed by atoms with Gasteiger partial charge >= 0.3 is 0 Å². The average molecular weight is 560 g/mol. The molecule has 0 unspecified atom stereocenters. The van der Waals surface area contributed by atoms with E-state index in [1.165, 1.54) is 5.56 Å². The van der Waals surface area contributed by atoms with Crippen LogP contribution in [0, 0.1) is 5.92 Å². The number of hydrogen-bond acceptors (Lipinski definition) is 6. The van der Waals surface area contributed by atoms with Gasteiger partial charge in [0, 0.05) is 44.3 Å². The summed E-state index contributed by atoms with van der Waals surface area (Å²) < 4.78 is 0. The lowest BCUT2D eigenvalue weighted by molar-refractivity contribution is -0.137. The van der Waals surface area contributed by atoms with Crippen molar-refractivity contribution < 1.29 is 9.90 Å². The van der Waals surface area contributed by atoms with Gasteiger partial charge in [0.2, 0.25) is 5.91 Å². The number of aromatic hydroxyl groups is 1. The molecule has 214 valence electrons. The number of piperidine rings is 1. The minimum Gasteiger partial charge on any atom is -0.507 e. The van der Waals surface area contributed by atoms with Gasteiger partial charge in [-0.1, -0.05) is 72.8 Å². The minimum atomic E-state index is -0.540. The second-order valence-electron chi connectivity index (χ2n) is 12.0. The summed E-state index contributed by atoms with van der Waals surface area (Å²) in [7, 11) is 0. The summed E-state index contributed by atoms with van der Waals surface area (Å²) in [6, 6.07) is 30.7. The summed E-state index contributed by atoms with van der Waals surface area (Å²) in [5, 5.41) is 18.9. The van der Waals surface area contributed by atoms with Crippen LogP contribution >= 0.6 is 0 Å². The summed E-state index contributed by atoms with van der Waals surface area (Å²) in [5.41, 5.74) is 4.19. The van der Waals surface area contributed by atoms with Gasteiger partial charge in [-0.25, -0.2) is 0 Å². The van der Waals surface area contributed by atoms with Crippen molar-refractivity contribution in [3.8, 4) is 17.0 Å². The highest BCUT2D eigenvalue weighted by molar-refractivity contribution is 5.89. The molecular weight excluding hydrogens is 522 g/mol. The number of likely N-dealkylation sites (tertiary alicyclic amines) is 2. The molecule has 0 spiro atoms. The lowest BCUT2D eigenvalue weighted by Crippen LogP contribution is -2.53. The number of phenols is 1. The van der Waals surface area contributed by atoms with Crippen LogP contribution in [-0.4, -0.2) is 69.8 Å². The molecule has 42 heavy (non-hydrogen) atoms. The molecule has 7 nitrogen and oxygen atoms in total. The SMILES string of the molecule is O=C(N1C[C@@H]2CCN(Cc3ccccc3)[C@@H]2C1)C1(c2ccccc2)CCN(c2cnnc(-c3ccccc3O)c2)CC1. The minimum absolute atomic E-state index is 0.189. The number of carbonyl (C=O) groups is 1. The van der Waals surface area contributed by atoms with Gasteiger partial charge in [-0.3, -0.25) is 9.69 Å². The zero-order chi connectivity index (χ0) is 28.5. The Morgan fingerprint density at radius 2 is 1.60 bits per heavy atom. The molecule has 0 bridgehead atoms. The summed E-state index contributed by atoms with van der Waals surface area (Å²) in [4.78, 5) is 21.6. The number of hydrogen-bond donors (Lipinski definition) is 1. The van der Waals surface area contributed by atoms with E-state index in [1.54, 1.807) is 18.3 Å². The van der Waals surface area contributed by atoms with Crippen molar-refractivity contribution >= 4 is 11.6 Å². The van der Waals surface area contributed by atoms with E-state index in [1.807, 2.05) is 24.3 Å². The van der Waals surface area contributed by atoms with Crippen LogP contribution in [0.15, 0.2) is 97.2 Å². The third kappa shape index (κ3) is 4.92. The molecule has 3 saturated heterocycles.